The number of ether oxygens (including phenoxy) is 1. The number of aromatic nitrogens is 3. The zero-order valence-corrected chi connectivity index (χ0v) is 14.9. The molecule has 0 N–H and O–H groups in total. The summed E-state index contributed by atoms with van der Waals surface area (Å²) in [7, 11) is 1.64. The number of methoxy groups -OCH3 is 1. The minimum atomic E-state index is 0.516. The molecule has 1 saturated heterocycles. The number of nitrogens with zero attached hydrogens (tertiary/aromatic N) is 5. The molecular formula is C18H21N5O3. The second-order valence-electron chi connectivity index (χ2n) is 6.32. The molecule has 2 aromatic heterocycles. The summed E-state index contributed by atoms with van der Waals surface area (Å²) in [5, 5.41) is 12.3. The molecule has 8 heteroatoms. The van der Waals surface area contributed by atoms with E-state index >= 15 is 0 Å². The topological polar surface area (TPSA) is 80.7 Å². The van der Waals surface area contributed by atoms with Crippen molar-refractivity contribution in [2.24, 2.45) is 0 Å². The van der Waals surface area contributed by atoms with E-state index in [-0.39, 0.29) is 0 Å². The van der Waals surface area contributed by atoms with Crippen molar-refractivity contribution in [3.8, 4) is 17.2 Å². The Labute approximate surface area is 151 Å². The molecule has 0 atom stereocenters. The normalized spacial score (nSPS) is 15.4. The van der Waals surface area contributed by atoms with E-state index in [0.29, 0.717) is 11.9 Å². The van der Waals surface area contributed by atoms with Crippen LogP contribution in [0.2, 0.25) is 0 Å². The number of aryl methyl sites for hydroxylation is 1. The number of rotatable bonds is 5. The lowest BCUT2D eigenvalue weighted by molar-refractivity contribution is 0.216. The van der Waals surface area contributed by atoms with Crippen molar-refractivity contribution in [2.75, 3.05) is 38.2 Å². The monoisotopic (exact) mass is 355 g/mol. The predicted octanol–water partition coefficient (Wildman–Crippen LogP) is 2.36. The molecule has 136 valence electrons. The van der Waals surface area contributed by atoms with Gasteiger partial charge in [0.1, 0.15) is 5.75 Å². The Balaban J connectivity index is 1.36. The van der Waals surface area contributed by atoms with E-state index in [1.54, 1.807) is 7.11 Å². The van der Waals surface area contributed by atoms with Crippen LogP contribution in [0.1, 0.15) is 11.5 Å². The van der Waals surface area contributed by atoms with E-state index in [1.165, 1.54) is 0 Å². The second kappa shape index (κ2) is 7.17. The van der Waals surface area contributed by atoms with Crippen LogP contribution in [0.3, 0.4) is 0 Å². The van der Waals surface area contributed by atoms with Gasteiger partial charge in [0.15, 0.2) is 5.76 Å². The molecule has 0 unspecified atom stereocenters. The Hall–Kier alpha value is -2.87. The van der Waals surface area contributed by atoms with Gasteiger partial charge in [0.25, 0.3) is 0 Å². The van der Waals surface area contributed by atoms with Gasteiger partial charge >= 0.3 is 6.01 Å². The molecule has 0 saturated carbocycles. The van der Waals surface area contributed by atoms with Crippen molar-refractivity contribution in [3.63, 3.8) is 0 Å². The third-order valence-corrected chi connectivity index (χ3v) is 4.45. The van der Waals surface area contributed by atoms with Crippen molar-refractivity contribution < 1.29 is 13.7 Å². The van der Waals surface area contributed by atoms with Crippen LogP contribution < -0.4 is 9.64 Å². The molecule has 1 aliphatic heterocycles. The minimum absolute atomic E-state index is 0.516. The molecular weight excluding hydrogens is 334 g/mol. The first-order valence-electron chi connectivity index (χ1n) is 8.59. The van der Waals surface area contributed by atoms with Gasteiger partial charge in [-0.3, -0.25) is 4.90 Å². The van der Waals surface area contributed by atoms with Gasteiger partial charge in [0.2, 0.25) is 5.89 Å². The smallest absolute Gasteiger partial charge is 0.318 e. The molecule has 0 aliphatic carbocycles. The summed E-state index contributed by atoms with van der Waals surface area (Å²) in [4.78, 5) is 4.44. The number of piperazine rings is 1. The van der Waals surface area contributed by atoms with Gasteiger partial charge in [0.05, 0.1) is 19.3 Å². The molecule has 1 aromatic carbocycles. The van der Waals surface area contributed by atoms with Crippen molar-refractivity contribution in [1.29, 1.82) is 0 Å². The van der Waals surface area contributed by atoms with E-state index in [0.717, 1.165) is 55.5 Å². The molecule has 0 spiro atoms. The molecule has 4 rings (SSSR count). The molecule has 0 bridgehead atoms. The Bertz CT molecular complexity index is 850. The first-order valence-corrected chi connectivity index (χ1v) is 8.59. The predicted molar refractivity (Wildman–Crippen MR) is 95.0 cm³/mol. The van der Waals surface area contributed by atoms with E-state index in [9.17, 15) is 0 Å². The van der Waals surface area contributed by atoms with Gasteiger partial charge in [-0.25, -0.2) is 0 Å². The standard InChI is InChI=1S/C18H21N5O3/c1-13-11-16(26-21-13)12-22-7-9-23(10-8-22)18-20-19-17(25-18)14-3-5-15(24-2)6-4-14/h3-6,11H,7-10,12H2,1-2H3. The van der Waals surface area contributed by atoms with Crippen LogP contribution in [0, 0.1) is 6.92 Å². The molecule has 3 aromatic rings. The van der Waals surface area contributed by atoms with E-state index in [1.807, 2.05) is 37.3 Å². The van der Waals surface area contributed by atoms with Gasteiger partial charge in [-0.15, -0.1) is 5.10 Å². The van der Waals surface area contributed by atoms with Gasteiger partial charge in [-0.2, -0.15) is 0 Å². The van der Waals surface area contributed by atoms with Crippen molar-refractivity contribution in [1.82, 2.24) is 20.3 Å². The third-order valence-electron chi connectivity index (χ3n) is 4.45. The van der Waals surface area contributed by atoms with Crippen molar-refractivity contribution >= 4 is 6.01 Å². The third kappa shape index (κ3) is 3.55. The second-order valence-corrected chi connectivity index (χ2v) is 6.32. The molecule has 0 radical (unpaired) electrons. The fourth-order valence-electron chi connectivity index (χ4n) is 3.00. The van der Waals surface area contributed by atoms with Crippen LogP contribution >= 0.6 is 0 Å². The van der Waals surface area contributed by atoms with Crippen molar-refractivity contribution in [2.45, 2.75) is 13.5 Å². The molecule has 26 heavy (non-hydrogen) atoms. The summed E-state index contributed by atoms with van der Waals surface area (Å²) in [6.07, 6.45) is 0. The Kier molecular flexibility index (Phi) is 4.57. The quantitative estimate of drug-likeness (QED) is 0.690. The fourth-order valence-corrected chi connectivity index (χ4v) is 3.00. The molecule has 1 fully saturated rings. The maximum Gasteiger partial charge on any atom is 0.318 e. The van der Waals surface area contributed by atoms with Gasteiger partial charge < -0.3 is 18.6 Å². The average molecular weight is 355 g/mol. The van der Waals surface area contributed by atoms with Crippen LogP contribution in [0.4, 0.5) is 6.01 Å². The fraction of sp³-hybridized carbons (Fsp3) is 0.389. The highest BCUT2D eigenvalue weighted by Crippen LogP contribution is 2.24. The summed E-state index contributed by atoms with van der Waals surface area (Å²) < 4.78 is 16.3. The highest BCUT2D eigenvalue weighted by atomic mass is 16.5. The van der Waals surface area contributed by atoms with Crippen LogP contribution in [-0.2, 0) is 6.54 Å². The van der Waals surface area contributed by atoms with Gasteiger partial charge in [-0.1, -0.05) is 10.3 Å². The average Bonchev–Trinajstić information content (AvgIpc) is 3.32. The van der Waals surface area contributed by atoms with E-state index in [4.69, 9.17) is 13.7 Å². The zero-order chi connectivity index (χ0) is 17.9. The largest absolute Gasteiger partial charge is 0.497 e. The Morgan fingerprint density at radius 2 is 1.85 bits per heavy atom. The van der Waals surface area contributed by atoms with Crippen LogP contribution in [0.15, 0.2) is 39.3 Å². The lowest BCUT2D eigenvalue weighted by atomic mass is 10.2. The molecule has 1 aliphatic rings. The van der Waals surface area contributed by atoms with Crippen molar-refractivity contribution in [3.05, 3.63) is 41.8 Å². The van der Waals surface area contributed by atoms with Gasteiger partial charge in [0, 0.05) is 37.8 Å². The first kappa shape index (κ1) is 16.6. The molecule has 0 amide bonds. The first-order chi connectivity index (χ1) is 12.7. The summed E-state index contributed by atoms with van der Waals surface area (Å²) in [6, 6.07) is 10.1. The highest BCUT2D eigenvalue weighted by Gasteiger charge is 2.22. The van der Waals surface area contributed by atoms with Gasteiger partial charge in [-0.05, 0) is 31.2 Å². The molecule has 8 nitrogen and oxygen atoms in total. The Morgan fingerprint density at radius 3 is 2.50 bits per heavy atom. The van der Waals surface area contributed by atoms with Crippen LogP contribution in [0.5, 0.6) is 5.75 Å². The minimum Gasteiger partial charge on any atom is -0.497 e. The number of anilines is 1. The molecule has 3 heterocycles. The summed E-state index contributed by atoms with van der Waals surface area (Å²) in [5.74, 6) is 2.21. The number of hydrogen-bond donors (Lipinski definition) is 0. The number of benzene rings is 1. The maximum absolute atomic E-state index is 5.86. The lowest BCUT2D eigenvalue weighted by Crippen LogP contribution is -2.46. The summed E-state index contributed by atoms with van der Waals surface area (Å²) in [5.41, 5.74) is 1.79. The summed E-state index contributed by atoms with van der Waals surface area (Å²) in [6.45, 7) is 6.17. The van der Waals surface area contributed by atoms with E-state index < -0.39 is 0 Å². The van der Waals surface area contributed by atoms with Crippen LogP contribution in [0.25, 0.3) is 11.5 Å². The summed E-state index contributed by atoms with van der Waals surface area (Å²) >= 11 is 0. The van der Waals surface area contributed by atoms with Crippen LogP contribution in [-0.4, -0.2) is 53.5 Å². The SMILES string of the molecule is COc1ccc(-c2nnc(N3CCN(Cc4cc(C)no4)CC3)o2)cc1. The highest BCUT2D eigenvalue weighted by molar-refractivity contribution is 5.55. The lowest BCUT2D eigenvalue weighted by Gasteiger charge is -2.32. The van der Waals surface area contributed by atoms with E-state index in [2.05, 4.69) is 25.2 Å². The Morgan fingerprint density at radius 1 is 1.08 bits per heavy atom. The number of hydrogen-bond acceptors (Lipinski definition) is 8. The maximum atomic E-state index is 5.86. The zero-order valence-electron chi connectivity index (χ0n) is 14.9.